The van der Waals surface area contributed by atoms with Crippen molar-refractivity contribution in [1.29, 1.82) is 0 Å². The van der Waals surface area contributed by atoms with Crippen molar-refractivity contribution in [3.63, 3.8) is 0 Å². The van der Waals surface area contributed by atoms with Gasteiger partial charge in [-0.25, -0.2) is 0 Å². The van der Waals surface area contributed by atoms with E-state index in [1.165, 1.54) is 6.20 Å². The lowest BCUT2D eigenvalue weighted by Gasteiger charge is -2.08. The quantitative estimate of drug-likeness (QED) is 0.754. The van der Waals surface area contributed by atoms with Gasteiger partial charge in [-0.1, -0.05) is 30.3 Å². The second kappa shape index (κ2) is 7.88. The summed E-state index contributed by atoms with van der Waals surface area (Å²) in [5, 5.41) is 5.68. The number of rotatable bonds is 5. The van der Waals surface area contributed by atoms with Crippen molar-refractivity contribution in [3.8, 4) is 0 Å². The molecular weight excluding hydrogens is 314 g/mol. The van der Waals surface area contributed by atoms with Crippen LogP contribution in [0.4, 0.5) is 5.69 Å². The van der Waals surface area contributed by atoms with Crippen molar-refractivity contribution < 1.29 is 9.59 Å². The first-order valence-electron chi connectivity index (χ1n) is 7.86. The Morgan fingerprint density at radius 3 is 2.20 bits per heavy atom. The van der Waals surface area contributed by atoms with Gasteiger partial charge in [0.1, 0.15) is 0 Å². The Morgan fingerprint density at radius 2 is 1.52 bits per heavy atom. The molecule has 0 spiro atoms. The molecule has 0 bridgehead atoms. The van der Waals surface area contributed by atoms with Gasteiger partial charge in [0.15, 0.2) is 0 Å². The lowest BCUT2D eigenvalue weighted by atomic mass is 10.1. The Labute approximate surface area is 145 Å². The summed E-state index contributed by atoms with van der Waals surface area (Å²) in [6.45, 7) is 0.421. The second-order valence-corrected chi connectivity index (χ2v) is 5.44. The largest absolute Gasteiger partial charge is 0.348 e. The zero-order valence-corrected chi connectivity index (χ0v) is 13.5. The van der Waals surface area contributed by atoms with E-state index in [-0.39, 0.29) is 11.8 Å². The normalized spacial score (nSPS) is 10.1. The fourth-order valence-corrected chi connectivity index (χ4v) is 2.28. The van der Waals surface area contributed by atoms with E-state index >= 15 is 0 Å². The molecule has 5 heteroatoms. The first-order valence-corrected chi connectivity index (χ1v) is 7.86. The average molecular weight is 331 g/mol. The van der Waals surface area contributed by atoms with Crippen LogP contribution in [0.5, 0.6) is 0 Å². The van der Waals surface area contributed by atoms with Crippen molar-refractivity contribution in [2.45, 2.75) is 6.54 Å². The number of carbonyl (C=O) groups is 2. The maximum atomic E-state index is 12.1. The Morgan fingerprint density at radius 1 is 0.800 bits per heavy atom. The summed E-state index contributed by atoms with van der Waals surface area (Å²) in [6.07, 6.45) is 3.14. The predicted molar refractivity (Wildman–Crippen MR) is 96.2 cm³/mol. The molecule has 0 radical (unpaired) electrons. The van der Waals surface area contributed by atoms with E-state index < -0.39 is 0 Å². The maximum Gasteiger partial charge on any atom is 0.257 e. The molecule has 0 aliphatic rings. The minimum absolute atomic E-state index is 0.116. The van der Waals surface area contributed by atoms with Gasteiger partial charge in [-0.2, -0.15) is 0 Å². The van der Waals surface area contributed by atoms with Gasteiger partial charge in [-0.15, -0.1) is 0 Å². The smallest absolute Gasteiger partial charge is 0.257 e. The number of nitrogens with one attached hydrogen (secondary N) is 2. The number of pyridine rings is 1. The molecule has 0 fully saturated rings. The Bertz CT molecular complexity index is 847. The van der Waals surface area contributed by atoms with E-state index in [1.807, 2.05) is 30.3 Å². The van der Waals surface area contributed by atoms with Crippen molar-refractivity contribution in [1.82, 2.24) is 10.3 Å². The molecule has 0 atom stereocenters. The summed E-state index contributed by atoms with van der Waals surface area (Å²) < 4.78 is 0. The lowest BCUT2D eigenvalue weighted by molar-refractivity contribution is 0.0950. The van der Waals surface area contributed by atoms with Crippen LogP contribution >= 0.6 is 0 Å². The van der Waals surface area contributed by atoms with Gasteiger partial charge < -0.3 is 10.6 Å². The Balaban J connectivity index is 1.55. The summed E-state index contributed by atoms with van der Waals surface area (Å²) in [7, 11) is 0. The molecule has 5 nitrogen and oxygen atoms in total. The highest BCUT2D eigenvalue weighted by molar-refractivity contribution is 6.04. The zero-order chi connectivity index (χ0) is 17.5. The number of benzene rings is 2. The number of anilines is 1. The Kier molecular flexibility index (Phi) is 5.16. The van der Waals surface area contributed by atoms with Gasteiger partial charge in [0.25, 0.3) is 11.8 Å². The molecule has 3 aromatic rings. The van der Waals surface area contributed by atoms with Crippen LogP contribution in [0.15, 0.2) is 79.1 Å². The van der Waals surface area contributed by atoms with Gasteiger partial charge in [0, 0.05) is 30.2 Å². The van der Waals surface area contributed by atoms with Crippen LogP contribution in [0.25, 0.3) is 0 Å². The molecule has 1 heterocycles. The molecule has 0 saturated carbocycles. The van der Waals surface area contributed by atoms with E-state index in [2.05, 4.69) is 15.6 Å². The molecule has 2 amide bonds. The van der Waals surface area contributed by atoms with Crippen LogP contribution in [0.1, 0.15) is 26.3 Å². The molecule has 2 N–H and O–H groups in total. The molecule has 0 unspecified atom stereocenters. The second-order valence-electron chi connectivity index (χ2n) is 5.44. The monoisotopic (exact) mass is 331 g/mol. The molecule has 0 aliphatic carbocycles. The predicted octanol–water partition coefficient (Wildman–Crippen LogP) is 3.26. The van der Waals surface area contributed by atoms with E-state index in [0.29, 0.717) is 23.4 Å². The number of carbonyl (C=O) groups excluding carboxylic acids is 2. The third kappa shape index (κ3) is 4.51. The minimum atomic E-state index is -0.210. The molecule has 0 aliphatic heterocycles. The third-order valence-corrected chi connectivity index (χ3v) is 3.62. The van der Waals surface area contributed by atoms with Crippen LogP contribution in [0, 0.1) is 0 Å². The van der Waals surface area contributed by atoms with E-state index in [1.54, 1.807) is 42.6 Å². The van der Waals surface area contributed by atoms with E-state index in [9.17, 15) is 9.59 Å². The standard InChI is InChI=1S/C20H17N3O2/c24-19(16-5-2-1-3-6-16)22-13-15-8-10-18(11-9-15)23-20(25)17-7-4-12-21-14-17/h1-12,14H,13H2,(H,22,24)(H,23,25). The summed E-state index contributed by atoms with van der Waals surface area (Å²) in [5.41, 5.74) is 2.76. The molecule has 1 aromatic heterocycles. The van der Waals surface area contributed by atoms with Crippen molar-refractivity contribution >= 4 is 17.5 Å². The highest BCUT2D eigenvalue weighted by atomic mass is 16.2. The number of hydrogen-bond acceptors (Lipinski definition) is 3. The van der Waals surface area contributed by atoms with Crippen LogP contribution < -0.4 is 10.6 Å². The maximum absolute atomic E-state index is 12.1. The molecule has 3 rings (SSSR count). The van der Waals surface area contributed by atoms with Gasteiger partial charge in [0.2, 0.25) is 0 Å². The van der Waals surface area contributed by atoms with E-state index in [0.717, 1.165) is 5.56 Å². The van der Waals surface area contributed by atoms with Gasteiger partial charge >= 0.3 is 0 Å². The van der Waals surface area contributed by atoms with Crippen LogP contribution in [-0.4, -0.2) is 16.8 Å². The molecule has 25 heavy (non-hydrogen) atoms. The number of aromatic nitrogens is 1. The van der Waals surface area contributed by atoms with Gasteiger partial charge in [-0.05, 0) is 42.0 Å². The third-order valence-electron chi connectivity index (χ3n) is 3.62. The SMILES string of the molecule is O=C(NCc1ccc(NC(=O)c2cccnc2)cc1)c1ccccc1. The molecule has 0 saturated heterocycles. The number of nitrogens with zero attached hydrogens (tertiary/aromatic N) is 1. The molecular formula is C20H17N3O2. The Hall–Kier alpha value is -3.47. The van der Waals surface area contributed by atoms with Gasteiger partial charge in [0.05, 0.1) is 5.56 Å². The summed E-state index contributed by atoms with van der Waals surface area (Å²) in [4.78, 5) is 28.0. The average Bonchev–Trinajstić information content (AvgIpc) is 2.68. The first-order chi connectivity index (χ1) is 12.2. The van der Waals surface area contributed by atoms with Crippen molar-refractivity contribution in [2.24, 2.45) is 0 Å². The van der Waals surface area contributed by atoms with Gasteiger partial charge in [-0.3, -0.25) is 14.6 Å². The zero-order valence-electron chi connectivity index (χ0n) is 13.5. The fourth-order valence-electron chi connectivity index (χ4n) is 2.28. The van der Waals surface area contributed by atoms with Crippen LogP contribution in [0.2, 0.25) is 0 Å². The topological polar surface area (TPSA) is 71.1 Å². The van der Waals surface area contributed by atoms with E-state index in [4.69, 9.17) is 0 Å². The van der Waals surface area contributed by atoms with Crippen LogP contribution in [0.3, 0.4) is 0 Å². The van der Waals surface area contributed by atoms with Crippen LogP contribution in [-0.2, 0) is 6.54 Å². The molecule has 2 aromatic carbocycles. The highest BCUT2D eigenvalue weighted by Gasteiger charge is 2.06. The number of amides is 2. The lowest BCUT2D eigenvalue weighted by Crippen LogP contribution is -2.22. The molecule has 124 valence electrons. The highest BCUT2D eigenvalue weighted by Crippen LogP contribution is 2.11. The summed E-state index contributed by atoms with van der Waals surface area (Å²) in [5.74, 6) is -0.326. The number of hydrogen-bond donors (Lipinski definition) is 2. The van der Waals surface area contributed by atoms with Crippen molar-refractivity contribution in [2.75, 3.05) is 5.32 Å². The minimum Gasteiger partial charge on any atom is -0.348 e. The summed E-state index contributed by atoms with van der Waals surface area (Å²) in [6, 6.07) is 19.8. The fraction of sp³-hybridized carbons (Fsp3) is 0.0500. The first kappa shape index (κ1) is 16.4. The summed E-state index contributed by atoms with van der Waals surface area (Å²) >= 11 is 0. The van der Waals surface area contributed by atoms with Crippen molar-refractivity contribution in [3.05, 3.63) is 95.8 Å².